The fourth-order valence-corrected chi connectivity index (χ4v) is 7.26. The molecule has 19 heteroatoms. The van der Waals surface area contributed by atoms with Gasteiger partial charge in [-0.1, -0.05) is 83.1 Å². The van der Waals surface area contributed by atoms with Gasteiger partial charge < -0.3 is 89.9 Å². The molecule has 0 aromatic rings. The smallest absolute Gasteiger partial charge is 0.220 e. The number of aliphatic hydroxyl groups is 11. The van der Waals surface area contributed by atoms with Crippen LogP contribution in [0.2, 0.25) is 0 Å². The summed E-state index contributed by atoms with van der Waals surface area (Å²) in [4.78, 5) is 12.9. The Morgan fingerprint density at radius 1 is 0.583 bits per heavy atom. The fourth-order valence-electron chi connectivity index (χ4n) is 7.26. The van der Waals surface area contributed by atoms with Gasteiger partial charge in [-0.25, -0.2) is 0 Å². The molecular weight excluding hydrogens is 794 g/mol. The summed E-state index contributed by atoms with van der Waals surface area (Å²) >= 11 is 0. The Labute approximate surface area is 352 Å². The molecule has 17 atom stereocenters. The maximum absolute atomic E-state index is 12.9. The van der Waals surface area contributed by atoms with Crippen molar-refractivity contribution in [3.8, 4) is 0 Å². The quantitative estimate of drug-likeness (QED) is 0.0331. The van der Waals surface area contributed by atoms with E-state index in [0.717, 1.165) is 44.9 Å². The van der Waals surface area contributed by atoms with Gasteiger partial charge in [0.1, 0.15) is 73.2 Å². The van der Waals surface area contributed by atoms with E-state index in [1.165, 1.54) is 19.3 Å². The lowest BCUT2D eigenvalue weighted by Crippen LogP contribution is -2.66. The molecule has 0 radical (unpaired) electrons. The van der Waals surface area contributed by atoms with Crippen molar-refractivity contribution < 1.29 is 89.4 Å². The van der Waals surface area contributed by atoms with Crippen molar-refractivity contribution in [1.29, 1.82) is 0 Å². The number of carbonyl (C=O) groups is 1. The molecule has 0 aromatic carbocycles. The number of ether oxygens (including phenoxy) is 6. The van der Waals surface area contributed by atoms with Crippen LogP contribution in [0, 0.1) is 0 Å². The standard InChI is InChI=1S/C41H73NO18/c1-3-5-7-9-10-11-12-13-15-16-18-25(46)24(42-29(47)19-17-14-8-6-4-2)23-55-39-35(53)32(50)37(27(21-44)57-39)60-41-36(54)33(51)38(28(22-45)58-41)59-40-34(52)31(49)30(48)26(20-43)56-40/h11-12,16,18,24-28,30-41,43-46,48-54H,3-10,13-15,17,19-23H2,1-2H3,(H,42,47)/b12-11+,18-16+. The molecule has 12 N–H and O–H groups in total. The zero-order valence-corrected chi connectivity index (χ0v) is 34.9. The minimum absolute atomic E-state index is 0.230. The maximum atomic E-state index is 12.9. The molecule has 3 saturated heterocycles. The first-order valence-electron chi connectivity index (χ1n) is 21.6. The van der Waals surface area contributed by atoms with E-state index in [9.17, 15) is 61.0 Å². The van der Waals surface area contributed by atoms with Gasteiger partial charge in [0.2, 0.25) is 5.91 Å². The summed E-state index contributed by atoms with van der Waals surface area (Å²) in [6.45, 7) is 1.48. The molecule has 3 aliphatic heterocycles. The van der Waals surface area contributed by atoms with Crippen LogP contribution < -0.4 is 5.32 Å². The van der Waals surface area contributed by atoms with Crippen molar-refractivity contribution in [3.63, 3.8) is 0 Å². The third kappa shape index (κ3) is 15.8. The zero-order chi connectivity index (χ0) is 44.2. The van der Waals surface area contributed by atoms with Crippen LogP contribution in [0.3, 0.4) is 0 Å². The molecule has 3 fully saturated rings. The summed E-state index contributed by atoms with van der Waals surface area (Å²) < 4.78 is 33.8. The summed E-state index contributed by atoms with van der Waals surface area (Å²) in [5.41, 5.74) is 0. The van der Waals surface area contributed by atoms with Crippen molar-refractivity contribution in [2.75, 3.05) is 26.4 Å². The average Bonchev–Trinajstić information content (AvgIpc) is 3.24. The number of carbonyl (C=O) groups excluding carboxylic acids is 1. The monoisotopic (exact) mass is 867 g/mol. The number of hydrogen-bond donors (Lipinski definition) is 12. The molecular formula is C41H73NO18. The summed E-state index contributed by atoms with van der Waals surface area (Å²) in [5, 5.41) is 119. The van der Waals surface area contributed by atoms with E-state index in [1.807, 2.05) is 0 Å². The minimum atomic E-state index is -1.97. The Hall–Kier alpha value is -1.73. The topological polar surface area (TPSA) is 307 Å². The van der Waals surface area contributed by atoms with E-state index < -0.39 is 124 Å². The lowest BCUT2D eigenvalue weighted by molar-refractivity contribution is -0.379. The second-order valence-electron chi connectivity index (χ2n) is 15.8. The summed E-state index contributed by atoms with van der Waals surface area (Å²) in [7, 11) is 0. The van der Waals surface area contributed by atoms with Crippen LogP contribution in [0.25, 0.3) is 0 Å². The molecule has 3 heterocycles. The van der Waals surface area contributed by atoms with Crippen LogP contribution in [-0.4, -0.2) is 193 Å². The van der Waals surface area contributed by atoms with Gasteiger partial charge in [-0.05, 0) is 32.1 Å². The van der Waals surface area contributed by atoms with E-state index in [0.29, 0.717) is 12.8 Å². The van der Waals surface area contributed by atoms with E-state index in [1.54, 1.807) is 12.2 Å². The number of aliphatic hydroxyl groups excluding tert-OH is 11. The van der Waals surface area contributed by atoms with Crippen molar-refractivity contribution in [3.05, 3.63) is 24.3 Å². The van der Waals surface area contributed by atoms with Gasteiger partial charge in [0.25, 0.3) is 0 Å². The Morgan fingerprint density at radius 2 is 1.07 bits per heavy atom. The van der Waals surface area contributed by atoms with Crippen LogP contribution in [-0.2, 0) is 33.2 Å². The number of amides is 1. The number of rotatable bonds is 27. The fraction of sp³-hybridized carbons (Fsp3) is 0.878. The van der Waals surface area contributed by atoms with Crippen molar-refractivity contribution >= 4 is 5.91 Å². The first-order chi connectivity index (χ1) is 28.8. The molecule has 19 nitrogen and oxygen atoms in total. The Kier molecular flexibility index (Phi) is 24.7. The predicted octanol–water partition coefficient (Wildman–Crippen LogP) is -1.48. The van der Waals surface area contributed by atoms with E-state index in [2.05, 4.69) is 31.3 Å². The van der Waals surface area contributed by atoms with Crippen LogP contribution in [0.15, 0.2) is 24.3 Å². The number of nitrogens with one attached hydrogen (secondary N) is 1. The maximum Gasteiger partial charge on any atom is 0.220 e. The van der Waals surface area contributed by atoms with Gasteiger partial charge in [0, 0.05) is 6.42 Å². The molecule has 0 bridgehead atoms. The number of hydrogen-bond acceptors (Lipinski definition) is 18. The van der Waals surface area contributed by atoms with Gasteiger partial charge in [0.05, 0.1) is 38.6 Å². The van der Waals surface area contributed by atoms with Gasteiger partial charge in [-0.2, -0.15) is 0 Å². The van der Waals surface area contributed by atoms with E-state index in [-0.39, 0.29) is 18.9 Å². The normalized spacial score (nSPS) is 36.2. The van der Waals surface area contributed by atoms with Crippen molar-refractivity contribution in [2.45, 2.75) is 202 Å². The molecule has 0 aromatic heterocycles. The first-order valence-corrected chi connectivity index (χ1v) is 21.6. The molecule has 17 unspecified atom stereocenters. The lowest BCUT2D eigenvalue weighted by atomic mass is 9.96. The highest BCUT2D eigenvalue weighted by molar-refractivity contribution is 5.76. The zero-order valence-electron chi connectivity index (χ0n) is 34.9. The lowest BCUT2D eigenvalue weighted by Gasteiger charge is -2.48. The SMILES string of the molecule is CCCCCC/C=C/CC/C=C/C(O)C(COC1OC(CO)C(OC2OC(CO)C(OC3OC(CO)C(O)C(O)C3O)C(O)C2O)C(O)C1O)NC(=O)CCCCCCC. The predicted molar refractivity (Wildman–Crippen MR) is 213 cm³/mol. The van der Waals surface area contributed by atoms with Crippen LogP contribution in [0.4, 0.5) is 0 Å². The van der Waals surface area contributed by atoms with Gasteiger partial charge in [0.15, 0.2) is 18.9 Å². The van der Waals surface area contributed by atoms with E-state index in [4.69, 9.17) is 28.4 Å². The highest BCUT2D eigenvalue weighted by Gasteiger charge is 2.53. The second-order valence-corrected chi connectivity index (χ2v) is 15.8. The Balaban J connectivity index is 1.63. The highest BCUT2D eigenvalue weighted by atomic mass is 16.8. The third-order valence-electron chi connectivity index (χ3n) is 11.0. The molecule has 0 aliphatic carbocycles. The van der Waals surface area contributed by atoms with Gasteiger partial charge >= 0.3 is 0 Å². The molecule has 350 valence electrons. The molecule has 1 amide bonds. The van der Waals surface area contributed by atoms with Crippen LogP contribution >= 0.6 is 0 Å². The Bertz CT molecular complexity index is 1230. The Morgan fingerprint density at radius 3 is 1.65 bits per heavy atom. The molecule has 60 heavy (non-hydrogen) atoms. The van der Waals surface area contributed by atoms with E-state index >= 15 is 0 Å². The highest BCUT2D eigenvalue weighted by Crippen LogP contribution is 2.32. The minimum Gasteiger partial charge on any atom is -0.394 e. The molecule has 3 rings (SSSR count). The first kappa shape index (κ1) is 52.6. The largest absolute Gasteiger partial charge is 0.394 e. The summed E-state index contributed by atoms with van der Waals surface area (Å²) in [6.07, 6.45) is -7.14. The van der Waals surface area contributed by atoms with Crippen molar-refractivity contribution in [2.24, 2.45) is 0 Å². The molecule has 0 spiro atoms. The van der Waals surface area contributed by atoms with Gasteiger partial charge in [-0.3, -0.25) is 4.79 Å². The number of allylic oxidation sites excluding steroid dienone is 3. The number of unbranched alkanes of at least 4 members (excludes halogenated alkanes) is 9. The third-order valence-corrected chi connectivity index (χ3v) is 11.0. The van der Waals surface area contributed by atoms with Gasteiger partial charge in [-0.15, -0.1) is 0 Å². The average molecular weight is 868 g/mol. The van der Waals surface area contributed by atoms with Crippen molar-refractivity contribution in [1.82, 2.24) is 5.32 Å². The van der Waals surface area contributed by atoms with Crippen LogP contribution in [0.5, 0.6) is 0 Å². The summed E-state index contributed by atoms with van der Waals surface area (Å²) in [5.74, 6) is -0.305. The summed E-state index contributed by atoms with van der Waals surface area (Å²) in [6, 6.07) is -0.978. The van der Waals surface area contributed by atoms with Crippen LogP contribution in [0.1, 0.15) is 97.3 Å². The second kappa shape index (κ2) is 28.1. The molecule has 0 saturated carbocycles. The molecule has 3 aliphatic rings.